The Morgan fingerprint density at radius 1 is 1.28 bits per heavy atom. The fourth-order valence-corrected chi connectivity index (χ4v) is 3.64. The maximum Gasteiger partial charge on any atom is 0.243 e. The standard InChI is InChI=1S/C21H33N5O3/c1-4-26-11-5-6-17(26)13-23-21(24-14-20(27)25(2)3)22-10-9-16-7-8-18-19(12-16)29-15-28-18/h7-8,12,17H,4-6,9-11,13-15H2,1-3H3,(H2,22,23,24). The monoisotopic (exact) mass is 403 g/mol. The van der Waals surface area contributed by atoms with Gasteiger partial charge in [-0.15, -0.1) is 0 Å². The number of carbonyl (C=O) groups excluding carboxylic acids is 1. The van der Waals surface area contributed by atoms with Crippen LogP contribution in [-0.4, -0.2) is 81.3 Å². The van der Waals surface area contributed by atoms with Crippen molar-refractivity contribution in [1.29, 1.82) is 0 Å². The van der Waals surface area contributed by atoms with Crippen molar-refractivity contribution in [3.63, 3.8) is 0 Å². The van der Waals surface area contributed by atoms with Gasteiger partial charge in [-0.3, -0.25) is 9.69 Å². The number of likely N-dealkylation sites (N-methyl/N-ethyl adjacent to an activating group) is 2. The average Bonchev–Trinajstić information content (AvgIpc) is 3.37. The van der Waals surface area contributed by atoms with E-state index in [0.717, 1.165) is 37.6 Å². The molecule has 0 aromatic heterocycles. The lowest BCUT2D eigenvalue weighted by atomic mass is 10.1. The van der Waals surface area contributed by atoms with Crippen LogP contribution >= 0.6 is 0 Å². The molecular weight excluding hydrogens is 370 g/mol. The first-order valence-electron chi connectivity index (χ1n) is 10.4. The van der Waals surface area contributed by atoms with Gasteiger partial charge in [0, 0.05) is 33.2 Å². The van der Waals surface area contributed by atoms with E-state index in [-0.39, 0.29) is 19.2 Å². The van der Waals surface area contributed by atoms with Crippen LogP contribution in [-0.2, 0) is 11.2 Å². The molecule has 2 heterocycles. The Bertz CT molecular complexity index is 722. The van der Waals surface area contributed by atoms with E-state index in [2.05, 4.69) is 27.4 Å². The third-order valence-electron chi connectivity index (χ3n) is 5.42. The number of ether oxygens (including phenoxy) is 2. The van der Waals surface area contributed by atoms with Gasteiger partial charge in [-0.2, -0.15) is 0 Å². The molecule has 2 aliphatic rings. The number of rotatable bonds is 8. The Balaban J connectivity index is 1.53. The van der Waals surface area contributed by atoms with Gasteiger partial charge in [0.25, 0.3) is 0 Å². The van der Waals surface area contributed by atoms with Crippen molar-refractivity contribution in [3.05, 3.63) is 23.8 Å². The summed E-state index contributed by atoms with van der Waals surface area (Å²) in [5.74, 6) is 2.26. The van der Waals surface area contributed by atoms with E-state index in [1.165, 1.54) is 18.4 Å². The number of amides is 1. The molecule has 1 amide bonds. The predicted molar refractivity (Wildman–Crippen MR) is 114 cm³/mol. The highest BCUT2D eigenvalue weighted by Crippen LogP contribution is 2.32. The highest BCUT2D eigenvalue weighted by atomic mass is 16.7. The SMILES string of the molecule is CCN1CCCC1CNC(=NCC(=O)N(C)C)NCCc1ccc2c(c1)OCO2. The van der Waals surface area contributed by atoms with E-state index >= 15 is 0 Å². The summed E-state index contributed by atoms with van der Waals surface area (Å²) in [6.07, 6.45) is 3.26. The Hall–Kier alpha value is -2.48. The molecule has 29 heavy (non-hydrogen) atoms. The molecule has 8 heteroatoms. The summed E-state index contributed by atoms with van der Waals surface area (Å²) in [6, 6.07) is 6.53. The van der Waals surface area contributed by atoms with Gasteiger partial charge in [0.15, 0.2) is 17.5 Å². The van der Waals surface area contributed by atoms with Gasteiger partial charge in [0.2, 0.25) is 12.7 Å². The Morgan fingerprint density at radius 3 is 2.90 bits per heavy atom. The van der Waals surface area contributed by atoms with Gasteiger partial charge in [-0.1, -0.05) is 13.0 Å². The zero-order valence-electron chi connectivity index (χ0n) is 17.7. The van der Waals surface area contributed by atoms with Gasteiger partial charge < -0.3 is 25.0 Å². The number of carbonyl (C=O) groups is 1. The van der Waals surface area contributed by atoms with Crippen LogP contribution in [0.4, 0.5) is 0 Å². The van der Waals surface area contributed by atoms with Gasteiger partial charge in [-0.05, 0) is 50.0 Å². The lowest BCUT2D eigenvalue weighted by Gasteiger charge is -2.24. The molecule has 2 aliphatic heterocycles. The minimum Gasteiger partial charge on any atom is -0.454 e. The van der Waals surface area contributed by atoms with Crippen LogP contribution in [0, 0.1) is 0 Å². The Morgan fingerprint density at radius 2 is 2.10 bits per heavy atom. The topological polar surface area (TPSA) is 78.4 Å². The molecular formula is C21H33N5O3. The molecule has 1 saturated heterocycles. The summed E-state index contributed by atoms with van der Waals surface area (Å²) >= 11 is 0. The smallest absolute Gasteiger partial charge is 0.243 e. The minimum atomic E-state index is -0.0158. The third kappa shape index (κ3) is 6.00. The van der Waals surface area contributed by atoms with Gasteiger partial charge >= 0.3 is 0 Å². The zero-order chi connectivity index (χ0) is 20.6. The van der Waals surface area contributed by atoms with Crippen molar-refractivity contribution in [2.24, 2.45) is 4.99 Å². The van der Waals surface area contributed by atoms with Crippen molar-refractivity contribution in [2.45, 2.75) is 32.2 Å². The first-order chi connectivity index (χ1) is 14.1. The summed E-state index contributed by atoms with van der Waals surface area (Å²) in [6.45, 7) is 6.39. The highest BCUT2D eigenvalue weighted by Gasteiger charge is 2.22. The largest absolute Gasteiger partial charge is 0.454 e. The number of hydrogen-bond acceptors (Lipinski definition) is 5. The highest BCUT2D eigenvalue weighted by molar-refractivity contribution is 5.84. The molecule has 8 nitrogen and oxygen atoms in total. The Labute approximate surface area is 173 Å². The quantitative estimate of drug-likeness (QED) is 0.499. The van der Waals surface area contributed by atoms with E-state index < -0.39 is 0 Å². The number of hydrogen-bond donors (Lipinski definition) is 2. The molecule has 2 N–H and O–H groups in total. The number of nitrogens with zero attached hydrogens (tertiary/aromatic N) is 3. The maximum atomic E-state index is 11.9. The summed E-state index contributed by atoms with van der Waals surface area (Å²) in [5, 5.41) is 6.79. The number of aliphatic imine (C=N–C) groups is 1. The van der Waals surface area contributed by atoms with E-state index in [1.54, 1.807) is 19.0 Å². The lowest BCUT2D eigenvalue weighted by molar-refractivity contribution is -0.127. The molecule has 1 atom stereocenters. The number of nitrogens with one attached hydrogen (secondary N) is 2. The molecule has 0 aliphatic carbocycles. The molecule has 1 aromatic rings. The van der Waals surface area contributed by atoms with Gasteiger partial charge in [0.05, 0.1) is 0 Å². The van der Waals surface area contributed by atoms with E-state index in [9.17, 15) is 4.79 Å². The molecule has 1 aromatic carbocycles. The summed E-state index contributed by atoms with van der Waals surface area (Å²) < 4.78 is 10.8. The molecule has 160 valence electrons. The number of likely N-dealkylation sites (tertiary alicyclic amines) is 1. The van der Waals surface area contributed by atoms with Crippen LogP contribution in [0.25, 0.3) is 0 Å². The van der Waals surface area contributed by atoms with Crippen molar-refractivity contribution < 1.29 is 14.3 Å². The molecule has 0 bridgehead atoms. The summed E-state index contributed by atoms with van der Waals surface area (Å²) in [7, 11) is 3.49. The van der Waals surface area contributed by atoms with Crippen LogP contribution in [0.3, 0.4) is 0 Å². The number of fused-ring (bicyclic) bond motifs is 1. The molecule has 3 rings (SSSR count). The van der Waals surface area contributed by atoms with E-state index in [1.807, 2.05) is 18.2 Å². The van der Waals surface area contributed by atoms with Gasteiger partial charge in [-0.25, -0.2) is 4.99 Å². The number of guanidine groups is 1. The second-order valence-corrected chi connectivity index (χ2v) is 7.62. The van der Waals surface area contributed by atoms with E-state index in [4.69, 9.17) is 9.47 Å². The van der Waals surface area contributed by atoms with Crippen LogP contribution in [0.15, 0.2) is 23.2 Å². The molecule has 1 fully saturated rings. The van der Waals surface area contributed by atoms with E-state index in [0.29, 0.717) is 18.5 Å². The second-order valence-electron chi connectivity index (χ2n) is 7.62. The molecule has 1 unspecified atom stereocenters. The van der Waals surface area contributed by atoms with Crippen molar-refractivity contribution in [1.82, 2.24) is 20.4 Å². The predicted octanol–water partition coefficient (Wildman–Crippen LogP) is 1.07. The lowest BCUT2D eigenvalue weighted by Crippen LogP contribution is -2.45. The van der Waals surface area contributed by atoms with Crippen LogP contribution in [0.2, 0.25) is 0 Å². The molecule has 0 saturated carbocycles. The summed E-state index contributed by atoms with van der Waals surface area (Å²) in [4.78, 5) is 20.5. The van der Waals surface area contributed by atoms with Crippen molar-refractivity contribution >= 4 is 11.9 Å². The van der Waals surface area contributed by atoms with Crippen molar-refractivity contribution in [3.8, 4) is 11.5 Å². The average molecular weight is 404 g/mol. The first-order valence-corrected chi connectivity index (χ1v) is 10.4. The van der Waals surface area contributed by atoms with Crippen LogP contribution < -0.4 is 20.1 Å². The molecule has 0 radical (unpaired) electrons. The maximum absolute atomic E-state index is 11.9. The van der Waals surface area contributed by atoms with Crippen molar-refractivity contribution in [2.75, 3.05) is 53.6 Å². The first kappa shape index (κ1) is 21.2. The normalized spacial score (nSPS) is 18.7. The van der Waals surface area contributed by atoms with Gasteiger partial charge in [0.1, 0.15) is 6.54 Å². The third-order valence-corrected chi connectivity index (χ3v) is 5.42. The fraction of sp³-hybridized carbons (Fsp3) is 0.619. The fourth-order valence-electron chi connectivity index (χ4n) is 3.64. The Kier molecular flexibility index (Phi) is 7.57. The second kappa shape index (κ2) is 10.3. The van der Waals surface area contributed by atoms with Crippen LogP contribution in [0.1, 0.15) is 25.3 Å². The number of benzene rings is 1. The zero-order valence-corrected chi connectivity index (χ0v) is 17.7. The summed E-state index contributed by atoms with van der Waals surface area (Å²) in [5.41, 5.74) is 1.17. The minimum absolute atomic E-state index is 0.0158. The molecule has 0 spiro atoms. The van der Waals surface area contributed by atoms with Crippen LogP contribution in [0.5, 0.6) is 11.5 Å².